The smallest absolute Gasteiger partial charge is 0.119 e. The molecule has 0 aliphatic rings. The van der Waals surface area contributed by atoms with Crippen LogP contribution in [0.15, 0.2) is 30.3 Å². The normalized spacial score (nSPS) is 12.3. The first-order valence-electron chi connectivity index (χ1n) is 6.59. The lowest BCUT2D eigenvalue weighted by molar-refractivity contribution is 0.242. The first-order chi connectivity index (χ1) is 8.37. The lowest BCUT2D eigenvalue weighted by Crippen LogP contribution is -2.31. The van der Waals surface area contributed by atoms with Crippen LogP contribution in [-0.4, -0.2) is 11.6 Å². The summed E-state index contributed by atoms with van der Waals surface area (Å²) in [5.74, 6) is 0.922. The Bertz CT molecular complexity index is 371. The third-order valence-corrected chi connectivity index (χ3v) is 2.52. The molecule has 0 unspecified atom stereocenters. The van der Waals surface area contributed by atoms with Crippen LogP contribution >= 0.6 is 0 Å². The molecule has 0 radical (unpaired) electrons. The van der Waals surface area contributed by atoms with E-state index in [4.69, 9.17) is 10.5 Å². The second-order valence-corrected chi connectivity index (χ2v) is 5.67. The minimum absolute atomic E-state index is 0.0840. The van der Waals surface area contributed by atoms with Gasteiger partial charge in [0.2, 0.25) is 0 Å². The Morgan fingerprint density at radius 1 is 1.22 bits per heavy atom. The number of hydrogen-bond acceptors (Lipinski definition) is 2. The van der Waals surface area contributed by atoms with Crippen molar-refractivity contribution >= 4 is 6.08 Å². The second kappa shape index (κ2) is 6.60. The van der Waals surface area contributed by atoms with Crippen molar-refractivity contribution in [3.05, 3.63) is 35.9 Å². The van der Waals surface area contributed by atoms with Gasteiger partial charge < -0.3 is 10.5 Å². The Morgan fingerprint density at radius 2 is 1.83 bits per heavy atom. The molecule has 2 heteroatoms. The van der Waals surface area contributed by atoms with Gasteiger partial charge in [0.05, 0.1) is 6.10 Å². The maximum Gasteiger partial charge on any atom is 0.119 e. The van der Waals surface area contributed by atoms with Crippen LogP contribution in [-0.2, 0) is 0 Å². The number of hydrogen-bond donors (Lipinski definition) is 1. The van der Waals surface area contributed by atoms with Crippen molar-refractivity contribution in [2.45, 2.75) is 52.2 Å². The summed E-state index contributed by atoms with van der Waals surface area (Å²) in [7, 11) is 0. The molecule has 1 aromatic carbocycles. The van der Waals surface area contributed by atoms with E-state index in [1.165, 1.54) is 5.56 Å². The summed E-state index contributed by atoms with van der Waals surface area (Å²) in [6.07, 6.45) is 6.53. The summed E-state index contributed by atoms with van der Waals surface area (Å²) < 4.78 is 5.60. The van der Waals surface area contributed by atoms with Crippen LogP contribution in [0.25, 0.3) is 6.08 Å². The Hall–Kier alpha value is -1.28. The lowest BCUT2D eigenvalue weighted by Gasteiger charge is -2.16. The number of allylic oxidation sites excluding steroid dienone is 1. The zero-order valence-corrected chi connectivity index (χ0v) is 11.9. The highest BCUT2D eigenvalue weighted by molar-refractivity contribution is 5.50. The fraction of sp³-hybridized carbons (Fsp3) is 0.500. The molecule has 0 heterocycles. The van der Waals surface area contributed by atoms with E-state index in [0.29, 0.717) is 0 Å². The molecule has 0 aliphatic carbocycles. The topological polar surface area (TPSA) is 35.2 Å². The first-order valence-corrected chi connectivity index (χ1v) is 6.59. The summed E-state index contributed by atoms with van der Waals surface area (Å²) in [4.78, 5) is 0. The summed E-state index contributed by atoms with van der Waals surface area (Å²) in [6.45, 7) is 8.17. The molecule has 0 amide bonds. The van der Waals surface area contributed by atoms with Gasteiger partial charge in [-0.1, -0.05) is 24.3 Å². The largest absolute Gasteiger partial charge is 0.491 e. The van der Waals surface area contributed by atoms with Gasteiger partial charge in [0, 0.05) is 5.54 Å². The molecule has 0 saturated carbocycles. The zero-order chi connectivity index (χ0) is 13.6. The van der Waals surface area contributed by atoms with Gasteiger partial charge in [-0.25, -0.2) is 0 Å². The van der Waals surface area contributed by atoms with Gasteiger partial charge in [-0.15, -0.1) is 0 Å². The highest BCUT2D eigenvalue weighted by Gasteiger charge is 2.07. The van der Waals surface area contributed by atoms with Gasteiger partial charge in [0.15, 0.2) is 0 Å². The molecule has 0 fully saturated rings. The van der Waals surface area contributed by atoms with Crippen LogP contribution in [0.4, 0.5) is 0 Å². The molecule has 0 bridgehead atoms. The monoisotopic (exact) mass is 247 g/mol. The number of ether oxygens (including phenoxy) is 1. The van der Waals surface area contributed by atoms with E-state index in [0.717, 1.165) is 18.6 Å². The van der Waals surface area contributed by atoms with Crippen LogP contribution in [0.1, 0.15) is 46.1 Å². The minimum Gasteiger partial charge on any atom is -0.491 e. The summed E-state index contributed by atoms with van der Waals surface area (Å²) in [5, 5.41) is 0. The molecular formula is C16H25NO. The summed E-state index contributed by atoms with van der Waals surface area (Å²) in [5.41, 5.74) is 7.04. The Kier molecular flexibility index (Phi) is 5.42. The van der Waals surface area contributed by atoms with Crippen LogP contribution in [0.3, 0.4) is 0 Å². The van der Waals surface area contributed by atoms with E-state index in [1.54, 1.807) is 0 Å². The van der Waals surface area contributed by atoms with E-state index < -0.39 is 0 Å². The molecule has 0 spiro atoms. The van der Waals surface area contributed by atoms with Gasteiger partial charge in [-0.2, -0.15) is 0 Å². The highest BCUT2D eigenvalue weighted by Crippen LogP contribution is 2.15. The fourth-order valence-corrected chi connectivity index (χ4v) is 1.60. The van der Waals surface area contributed by atoms with Gasteiger partial charge in [0.25, 0.3) is 0 Å². The van der Waals surface area contributed by atoms with Crippen LogP contribution in [0, 0.1) is 0 Å². The van der Waals surface area contributed by atoms with Crippen LogP contribution in [0.5, 0.6) is 5.75 Å². The minimum atomic E-state index is -0.0840. The van der Waals surface area contributed by atoms with Gasteiger partial charge in [-0.3, -0.25) is 0 Å². The average Bonchev–Trinajstić information content (AvgIpc) is 2.24. The number of nitrogens with two attached hydrogens (primary N) is 1. The zero-order valence-electron chi connectivity index (χ0n) is 11.9. The van der Waals surface area contributed by atoms with Crippen molar-refractivity contribution in [3.8, 4) is 5.75 Å². The molecule has 0 saturated heterocycles. The second-order valence-electron chi connectivity index (χ2n) is 5.67. The molecule has 0 aromatic heterocycles. The highest BCUT2D eigenvalue weighted by atomic mass is 16.5. The molecule has 0 aliphatic heterocycles. The predicted molar refractivity (Wildman–Crippen MR) is 78.7 cm³/mol. The lowest BCUT2D eigenvalue weighted by atomic mass is 10.00. The predicted octanol–water partition coefficient (Wildman–Crippen LogP) is 4.00. The van der Waals surface area contributed by atoms with Gasteiger partial charge in [-0.05, 0) is 58.2 Å². The van der Waals surface area contributed by atoms with Gasteiger partial charge >= 0.3 is 0 Å². The van der Waals surface area contributed by atoms with E-state index in [-0.39, 0.29) is 11.6 Å². The Balaban J connectivity index is 2.46. The third-order valence-electron chi connectivity index (χ3n) is 2.52. The summed E-state index contributed by atoms with van der Waals surface area (Å²) in [6, 6.07) is 8.16. The molecule has 2 N–H and O–H groups in total. The van der Waals surface area contributed by atoms with E-state index in [2.05, 4.69) is 38.1 Å². The SMILES string of the molecule is CC(C)Oc1ccc(/C=C/CCC(C)(C)N)cc1. The summed E-state index contributed by atoms with van der Waals surface area (Å²) >= 11 is 0. The average molecular weight is 247 g/mol. The van der Waals surface area contributed by atoms with Crippen molar-refractivity contribution in [3.63, 3.8) is 0 Å². The van der Waals surface area contributed by atoms with Crippen molar-refractivity contribution in [1.82, 2.24) is 0 Å². The van der Waals surface area contributed by atoms with E-state index in [9.17, 15) is 0 Å². The molecular weight excluding hydrogens is 222 g/mol. The van der Waals surface area contributed by atoms with Crippen molar-refractivity contribution in [2.75, 3.05) is 0 Å². The fourth-order valence-electron chi connectivity index (χ4n) is 1.60. The maximum atomic E-state index is 5.93. The Morgan fingerprint density at radius 3 is 2.33 bits per heavy atom. The third kappa shape index (κ3) is 6.45. The maximum absolute atomic E-state index is 5.93. The van der Waals surface area contributed by atoms with E-state index in [1.807, 2.05) is 26.0 Å². The molecule has 100 valence electrons. The van der Waals surface area contributed by atoms with Crippen molar-refractivity contribution < 1.29 is 4.74 Å². The van der Waals surface area contributed by atoms with E-state index >= 15 is 0 Å². The van der Waals surface area contributed by atoms with Crippen molar-refractivity contribution in [1.29, 1.82) is 0 Å². The van der Waals surface area contributed by atoms with Gasteiger partial charge in [0.1, 0.15) is 5.75 Å². The Labute approximate surface area is 111 Å². The molecule has 18 heavy (non-hydrogen) atoms. The van der Waals surface area contributed by atoms with Crippen LogP contribution in [0.2, 0.25) is 0 Å². The van der Waals surface area contributed by atoms with Crippen LogP contribution < -0.4 is 10.5 Å². The van der Waals surface area contributed by atoms with Crippen molar-refractivity contribution in [2.24, 2.45) is 5.73 Å². The standard InChI is InChI=1S/C16H25NO/c1-13(2)18-15-10-8-14(9-11-15)7-5-6-12-16(3,4)17/h5,7-11,13H,6,12,17H2,1-4H3/b7-5+. The molecule has 1 rings (SSSR count). The quantitative estimate of drug-likeness (QED) is 0.824. The molecule has 2 nitrogen and oxygen atoms in total. The molecule has 0 atom stereocenters. The number of benzene rings is 1. The number of rotatable bonds is 6. The first kappa shape index (κ1) is 14.8. The molecule has 1 aromatic rings.